The van der Waals surface area contributed by atoms with Crippen LogP contribution in [0.3, 0.4) is 0 Å². The van der Waals surface area contributed by atoms with Crippen molar-refractivity contribution in [2.24, 2.45) is 0 Å². The Bertz CT molecular complexity index is 832. The van der Waals surface area contributed by atoms with Crippen LogP contribution in [0.5, 0.6) is 11.5 Å². The van der Waals surface area contributed by atoms with E-state index in [9.17, 15) is 4.79 Å². The first kappa shape index (κ1) is 17.3. The van der Waals surface area contributed by atoms with Gasteiger partial charge in [-0.3, -0.25) is 4.79 Å². The van der Waals surface area contributed by atoms with Gasteiger partial charge in [0.2, 0.25) is 0 Å². The monoisotopic (exact) mass is 353 g/mol. The molecule has 7 nitrogen and oxygen atoms in total. The van der Waals surface area contributed by atoms with Crippen molar-refractivity contribution in [1.29, 1.82) is 0 Å². The number of hydrogen-bond donors (Lipinski definition) is 2. The molecule has 134 valence electrons. The molecule has 0 saturated carbocycles. The third kappa shape index (κ3) is 4.76. The van der Waals surface area contributed by atoms with Gasteiger partial charge in [0.15, 0.2) is 18.1 Å². The first-order valence-electron chi connectivity index (χ1n) is 8.02. The van der Waals surface area contributed by atoms with E-state index in [0.717, 1.165) is 11.4 Å². The SMILES string of the molecule is COc1ccccc1OCC(=O)Nc1ccc(NCc2ccco2)cn1. The highest BCUT2D eigenvalue weighted by Gasteiger charge is 2.08. The molecule has 2 heterocycles. The van der Waals surface area contributed by atoms with Gasteiger partial charge in [-0.2, -0.15) is 0 Å². The van der Waals surface area contributed by atoms with Crippen LogP contribution < -0.4 is 20.1 Å². The molecule has 0 atom stereocenters. The highest BCUT2D eigenvalue weighted by molar-refractivity contribution is 5.91. The molecule has 7 heteroatoms. The van der Waals surface area contributed by atoms with Gasteiger partial charge in [0.25, 0.3) is 5.91 Å². The van der Waals surface area contributed by atoms with Gasteiger partial charge in [0.05, 0.1) is 31.8 Å². The van der Waals surface area contributed by atoms with Crippen LogP contribution in [0.2, 0.25) is 0 Å². The molecular formula is C19H19N3O4. The summed E-state index contributed by atoms with van der Waals surface area (Å²) in [4.78, 5) is 16.2. The highest BCUT2D eigenvalue weighted by Crippen LogP contribution is 2.25. The summed E-state index contributed by atoms with van der Waals surface area (Å²) in [6.45, 7) is 0.424. The molecule has 0 unspecified atom stereocenters. The second-order valence-electron chi connectivity index (χ2n) is 5.35. The van der Waals surface area contributed by atoms with Crippen molar-refractivity contribution in [3.63, 3.8) is 0 Å². The average Bonchev–Trinajstić information content (AvgIpc) is 3.20. The number of carbonyl (C=O) groups excluding carboxylic acids is 1. The molecule has 0 radical (unpaired) electrons. The number of amides is 1. The number of methoxy groups -OCH3 is 1. The number of benzene rings is 1. The minimum atomic E-state index is -0.306. The Balaban J connectivity index is 1.48. The zero-order valence-electron chi connectivity index (χ0n) is 14.3. The van der Waals surface area contributed by atoms with Crippen molar-refractivity contribution in [2.75, 3.05) is 24.4 Å². The van der Waals surface area contributed by atoms with Crippen LogP contribution in [0, 0.1) is 0 Å². The predicted molar refractivity (Wildman–Crippen MR) is 97.4 cm³/mol. The summed E-state index contributed by atoms with van der Waals surface area (Å²) in [5.41, 5.74) is 0.824. The molecule has 0 aliphatic rings. The largest absolute Gasteiger partial charge is 0.493 e. The number of pyridine rings is 1. The van der Waals surface area contributed by atoms with E-state index in [2.05, 4.69) is 15.6 Å². The Morgan fingerprint density at radius 2 is 1.96 bits per heavy atom. The Kier molecular flexibility index (Phi) is 5.72. The number of nitrogens with zero attached hydrogens (tertiary/aromatic N) is 1. The lowest BCUT2D eigenvalue weighted by Crippen LogP contribution is -2.20. The number of carbonyl (C=O) groups is 1. The van der Waals surface area contributed by atoms with Crippen LogP contribution in [-0.2, 0) is 11.3 Å². The van der Waals surface area contributed by atoms with Crippen molar-refractivity contribution in [1.82, 2.24) is 4.98 Å². The second kappa shape index (κ2) is 8.57. The van der Waals surface area contributed by atoms with Crippen LogP contribution in [0.4, 0.5) is 11.5 Å². The van der Waals surface area contributed by atoms with E-state index in [0.29, 0.717) is 23.9 Å². The summed E-state index contributed by atoms with van der Waals surface area (Å²) in [7, 11) is 1.55. The van der Waals surface area contributed by atoms with Crippen molar-refractivity contribution >= 4 is 17.4 Å². The van der Waals surface area contributed by atoms with E-state index >= 15 is 0 Å². The fourth-order valence-corrected chi connectivity index (χ4v) is 2.23. The summed E-state index contributed by atoms with van der Waals surface area (Å²) in [5, 5.41) is 5.86. The molecule has 0 fully saturated rings. The van der Waals surface area contributed by atoms with Crippen LogP contribution in [0.25, 0.3) is 0 Å². The van der Waals surface area contributed by atoms with Crippen molar-refractivity contribution in [3.05, 3.63) is 66.8 Å². The molecule has 2 N–H and O–H groups in total. The van der Waals surface area contributed by atoms with Gasteiger partial charge in [-0.25, -0.2) is 4.98 Å². The van der Waals surface area contributed by atoms with Crippen LogP contribution in [0.1, 0.15) is 5.76 Å². The molecule has 0 aliphatic carbocycles. The third-order valence-corrected chi connectivity index (χ3v) is 3.51. The maximum Gasteiger partial charge on any atom is 0.263 e. The maximum atomic E-state index is 12.0. The number of para-hydroxylation sites is 2. The first-order valence-corrected chi connectivity index (χ1v) is 8.02. The minimum Gasteiger partial charge on any atom is -0.493 e. The van der Waals surface area contributed by atoms with Crippen LogP contribution in [-0.4, -0.2) is 24.6 Å². The summed E-state index contributed by atoms with van der Waals surface area (Å²) in [6, 6.07) is 14.4. The van der Waals surface area contributed by atoms with Gasteiger partial charge < -0.3 is 24.5 Å². The van der Waals surface area contributed by atoms with Crippen molar-refractivity contribution in [3.8, 4) is 11.5 Å². The van der Waals surface area contributed by atoms with Gasteiger partial charge in [0, 0.05) is 0 Å². The van der Waals surface area contributed by atoms with E-state index < -0.39 is 0 Å². The second-order valence-corrected chi connectivity index (χ2v) is 5.35. The highest BCUT2D eigenvalue weighted by atomic mass is 16.5. The molecule has 3 rings (SSSR count). The molecule has 0 aliphatic heterocycles. The van der Waals surface area contributed by atoms with Gasteiger partial charge in [-0.05, 0) is 36.4 Å². The topological polar surface area (TPSA) is 85.6 Å². The van der Waals surface area contributed by atoms with Gasteiger partial charge >= 0.3 is 0 Å². The number of aromatic nitrogens is 1. The van der Waals surface area contributed by atoms with Crippen molar-refractivity contribution in [2.45, 2.75) is 6.54 Å². The number of hydrogen-bond acceptors (Lipinski definition) is 6. The van der Waals surface area contributed by atoms with E-state index in [-0.39, 0.29) is 12.5 Å². The standard InChI is InChI=1S/C19H19N3O4/c1-24-16-6-2-3-7-17(16)26-13-19(23)22-18-9-8-14(11-21-18)20-12-15-5-4-10-25-15/h2-11,20H,12-13H2,1H3,(H,21,22,23). The van der Waals surface area contributed by atoms with Gasteiger partial charge in [0.1, 0.15) is 11.6 Å². The Labute approximate surface area is 151 Å². The number of rotatable bonds is 8. The Morgan fingerprint density at radius 1 is 1.12 bits per heavy atom. The maximum absolute atomic E-state index is 12.0. The summed E-state index contributed by atoms with van der Waals surface area (Å²) >= 11 is 0. The quantitative estimate of drug-likeness (QED) is 0.646. The molecule has 2 aromatic heterocycles. The fraction of sp³-hybridized carbons (Fsp3) is 0.158. The first-order chi connectivity index (χ1) is 12.7. The molecule has 1 amide bonds. The van der Waals surface area contributed by atoms with E-state index in [1.54, 1.807) is 37.8 Å². The number of furan rings is 1. The lowest BCUT2D eigenvalue weighted by Gasteiger charge is -2.10. The average molecular weight is 353 g/mol. The number of anilines is 2. The zero-order chi connectivity index (χ0) is 18.2. The molecule has 0 bridgehead atoms. The van der Waals surface area contributed by atoms with Crippen molar-refractivity contribution < 1.29 is 18.7 Å². The molecule has 0 saturated heterocycles. The normalized spacial score (nSPS) is 10.2. The Morgan fingerprint density at radius 3 is 2.65 bits per heavy atom. The predicted octanol–water partition coefficient (Wildman–Crippen LogP) is 3.31. The zero-order valence-corrected chi connectivity index (χ0v) is 14.3. The minimum absolute atomic E-state index is 0.138. The van der Waals surface area contributed by atoms with Gasteiger partial charge in [-0.1, -0.05) is 12.1 Å². The molecule has 1 aromatic carbocycles. The number of ether oxygens (including phenoxy) is 2. The lowest BCUT2D eigenvalue weighted by atomic mass is 10.3. The molecule has 3 aromatic rings. The summed E-state index contributed by atoms with van der Waals surface area (Å²) in [5.74, 6) is 2.05. The lowest BCUT2D eigenvalue weighted by molar-refractivity contribution is -0.118. The summed E-state index contributed by atoms with van der Waals surface area (Å²) in [6.07, 6.45) is 3.26. The number of nitrogens with one attached hydrogen (secondary N) is 2. The van der Waals surface area contributed by atoms with Crippen LogP contribution in [0.15, 0.2) is 65.4 Å². The smallest absolute Gasteiger partial charge is 0.263 e. The van der Waals surface area contributed by atoms with Gasteiger partial charge in [-0.15, -0.1) is 0 Å². The third-order valence-electron chi connectivity index (χ3n) is 3.51. The van der Waals surface area contributed by atoms with Crippen LogP contribution >= 0.6 is 0 Å². The Hall–Kier alpha value is -3.48. The van der Waals surface area contributed by atoms with E-state index in [1.165, 1.54) is 0 Å². The summed E-state index contributed by atoms with van der Waals surface area (Å²) < 4.78 is 15.9. The van der Waals surface area contributed by atoms with E-state index in [4.69, 9.17) is 13.9 Å². The molecular weight excluding hydrogens is 334 g/mol. The fourth-order valence-electron chi connectivity index (χ4n) is 2.23. The molecule has 0 spiro atoms. The van der Waals surface area contributed by atoms with E-state index in [1.807, 2.05) is 30.3 Å². The molecule has 26 heavy (non-hydrogen) atoms.